The number of nitrogens with one attached hydrogen (secondary N) is 1. The van der Waals surface area contributed by atoms with Crippen molar-refractivity contribution in [2.75, 3.05) is 5.32 Å². The zero-order chi connectivity index (χ0) is 18.2. The van der Waals surface area contributed by atoms with Crippen molar-refractivity contribution in [3.63, 3.8) is 0 Å². The van der Waals surface area contributed by atoms with E-state index in [9.17, 15) is 4.79 Å². The summed E-state index contributed by atoms with van der Waals surface area (Å²) < 4.78 is 0. The molecule has 0 aliphatic carbocycles. The largest absolute Gasteiger partial charge is 0.322 e. The first-order chi connectivity index (χ1) is 12.7. The Balaban J connectivity index is 1.66. The highest BCUT2D eigenvalue weighted by molar-refractivity contribution is 6.30. The van der Waals surface area contributed by atoms with Gasteiger partial charge in [0.1, 0.15) is 5.69 Å². The van der Waals surface area contributed by atoms with E-state index in [1.807, 2.05) is 54.6 Å². The molecule has 3 rings (SSSR count). The average molecular weight is 359 g/mol. The molecular weight excluding hydrogens is 344 g/mol. The standard InChI is InChI=1S/C22H15ClN2O/c23-19-11-7-17(8-12-19)10-14-22(26)25-21-6-3-4-18(16-21)9-13-20-5-1-2-15-24-20/h1-8,10-12,14-16H,(H,25,26)/b14-10+. The van der Waals surface area contributed by atoms with Crippen LogP contribution in [0.3, 0.4) is 0 Å². The Hall–Kier alpha value is -3.35. The topological polar surface area (TPSA) is 42.0 Å². The van der Waals surface area contributed by atoms with Gasteiger partial charge >= 0.3 is 0 Å². The molecule has 0 unspecified atom stereocenters. The Bertz CT molecular complexity index is 984. The first kappa shape index (κ1) is 17.5. The Morgan fingerprint density at radius 2 is 1.85 bits per heavy atom. The second-order valence-corrected chi connectivity index (χ2v) is 5.86. The van der Waals surface area contributed by atoms with Crippen molar-refractivity contribution in [2.45, 2.75) is 0 Å². The fraction of sp³-hybridized carbons (Fsp3) is 0. The molecule has 1 aromatic heterocycles. The Morgan fingerprint density at radius 1 is 1.00 bits per heavy atom. The molecule has 0 aliphatic rings. The van der Waals surface area contributed by atoms with Gasteiger partial charge in [-0.1, -0.05) is 41.8 Å². The second-order valence-electron chi connectivity index (χ2n) is 5.42. The summed E-state index contributed by atoms with van der Waals surface area (Å²) >= 11 is 5.84. The van der Waals surface area contributed by atoms with Crippen LogP contribution in [0.25, 0.3) is 6.08 Å². The van der Waals surface area contributed by atoms with Gasteiger partial charge in [-0.05, 0) is 60.0 Å². The lowest BCUT2D eigenvalue weighted by molar-refractivity contribution is -0.111. The highest BCUT2D eigenvalue weighted by atomic mass is 35.5. The molecule has 0 bridgehead atoms. The van der Waals surface area contributed by atoms with Gasteiger partial charge in [-0.3, -0.25) is 4.79 Å². The number of rotatable bonds is 3. The molecule has 2 aromatic carbocycles. The summed E-state index contributed by atoms with van der Waals surface area (Å²) in [4.78, 5) is 16.2. The van der Waals surface area contributed by atoms with E-state index in [1.54, 1.807) is 24.4 Å². The van der Waals surface area contributed by atoms with Gasteiger partial charge in [0, 0.05) is 28.5 Å². The number of hydrogen-bond acceptors (Lipinski definition) is 2. The highest BCUT2D eigenvalue weighted by Crippen LogP contribution is 2.12. The third kappa shape index (κ3) is 5.34. The third-order valence-electron chi connectivity index (χ3n) is 3.43. The number of hydrogen-bond donors (Lipinski definition) is 1. The van der Waals surface area contributed by atoms with Gasteiger partial charge in [0.25, 0.3) is 0 Å². The van der Waals surface area contributed by atoms with Crippen molar-refractivity contribution in [2.24, 2.45) is 0 Å². The lowest BCUT2D eigenvalue weighted by Crippen LogP contribution is -2.07. The number of anilines is 1. The summed E-state index contributed by atoms with van der Waals surface area (Å²) in [6.45, 7) is 0. The summed E-state index contributed by atoms with van der Waals surface area (Å²) in [5.41, 5.74) is 3.09. The third-order valence-corrected chi connectivity index (χ3v) is 3.68. The van der Waals surface area contributed by atoms with Gasteiger partial charge in [0.15, 0.2) is 0 Å². The number of pyridine rings is 1. The number of carbonyl (C=O) groups excluding carboxylic acids is 1. The van der Waals surface area contributed by atoms with Gasteiger partial charge in [-0.25, -0.2) is 4.98 Å². The van der Waals surface area contributed by atoms with E-state index in [1.165, 1.54) is 6.08 Å². The minimum Gasteiger partial charge on any atom is -0.322 e. The summed E-state index contributed by atoms with van der Waals surface area (Å²) in [5.74, 6) is 5.82. The normalized spacial score (nSPS) is 10.2. The van der Waals surface area contributed by atoms with Gasteiger partial charge in [0.05, 0.1) is 0 Å². The van der Waals surface area contributed by atoms with Crippen LogP contribution in [0, 0.1) is 11.8 Å². The van der Waals surface area contributed by atoms with E-state index in [0.717, 1.165) is 11.1 Å². The van der Waals surface area contributed by atoms with Crippen LogP contribution in [0.15, 0.2) is 79.0 Å². The molecule has 3 aromatic rings. The molecule has 126 valence electrons. The average Bonchev–Trinajstić information content (AvgIpc) is 2.67. The number of benzene rings is 2. The molecule has 1 amide bonds. The fourth-order valence-corrected chi connectivity index (χ4v) is 2.30. The van der Waals surface area contributed by atoms with E-state index in [4.69, 9.17) is 11.6 Å². The number of carbonyl (C=O) groups is 1. The molecule has 0 atom stereocenters. The van der Waals surface area contributed by atoms with E-state index >= 15 is 0 Å². The zero-order valence-corrected chi connectivity index (χ0v) is 14.6. The maximum atomic E-state index is 12.1. The minimum absolute atomic E-state index is 0.213. The second kappa shape index (κ2) is 8.66. The Kier molecular flexibility index (Phi) is 5.82. The van der Waals surface area contributed by atoms with Crippen LogP contribution in [0.5, 0.6) is 0 Å². The monoisotopic (exact) mass is 358 g/mol. The minimum atomic E-state index is -0.213. The SMILES string of the molecule is O=C(/C=C/c1ccc(Cl)cc1)Nc1cccc(C#Cc2ccccn2)c1. The zero-order valence-electron chi connectivity index (χ0n) is 13.8. The van der Waals surface area contributed by atoms with Crippen molar-refractivity contribution >= 4 is 29.3 Å². The summed E-state index contributed by atoms with van der Waals surface area (Å²) in [6, 6.07) is 20.2. The van der Waals surface area contributed by atoms with Crippen molar-refractivity contribution in [3.05, 3.63) is 101 Å². The highest BCUT2D eigenvalue weighted by Gasteiger charge is 1.99. The molecule has 0 spiro atoms. The van der Waals surface area contributed by atoms with Crippen LogP contribution in [0.1, 0.15) is 16.8 Å². The molecule has 4 heteroatoms. The van der Waals surface area contributed by atoms with Gasteiger partial charge in [-0.15, -0.1) is 0 Å². The van der Waals surface area contributed by atoms with Gasteiger partial charge < -0.3 is 5.32 Å². The van der Waals surface area contributed by atoms with Crippen LogP contribution >= 0.6 is 11.6 Å². The molecule has 0 fully saturated rings. The Morgan fingerprint density at radius 3 is 2.62 bits per heavy atom. The van der Waals surface area contributed by atoms with E-state index in [-0.39, 0.29) is 5.91 Å². The van der Waals surface area contributed by atoms with Gasteiger partial charge in [-0.2, -0.15) is 0 Å². The molecular formula is C22H15ClN2O. The first-order valence-corrected chi connectivity index (χ1v) is 8.34. The van der Waals surface area contributed by atoms with Crippen LogP contribution < -0.4 is 5.32 Å². The van der Waals surface area contributed by atoms with E-state index < -0.39 is 0 Å². The van der Waals surface area contributed by atoms with Crippen LogP contribution in [0.4, 0.5) is 5.69 Å². The van der Waals surface area contributed by atoms with Crippen molar-refractivity contribution in [1.29, 1.82) is 0 Å². The van der Waals surface area contributed by atoms with Crippen LogP contribution in [-0.2, 0) is 4.79 Å². The molecule has 3 nitrogen and oxygen atoms in total. The molecule has 0 radical (unpaired) electrons. The first-order valence-electron chi connectivity index (χ1n) is 7.97. The quantitative estimate of drug-likeness (QED) is 0.540. The van der Waals surface area contributed by atoms with E-state index in [0.29, 0.717) is 16.4 Å². The smallest absolute Gasteiger partial charge is 0.248 e. The number of aromatic nitrogens is 1. The van der Waals surface area contributed by atoms with Crippen molar-refractivity contribution < 1.29 is 4.79 Å². The molecule has 1 N–H and O–H groups in total. The number of halogens is 1. The summed E-state index contributed by atoms with van der Waals surface area (Å²) in [7, 11) is 0. The van der Waals surface area contributed by atoms with Crippen molar-refractivity contribution in [3.8, 4) is 11.8 Å². The van der Waals surface area contributed by atoms with Gasteiger partial charge in [0.2, 0.25) is 5.91 Å². The van der Waals surface area contributed by atoms with Crippen LogP contribution in [-0.4, -0.2) is 10.9 Å². The summed E-state index contributed by atoms with van der Waals surface area (Å²) in [5, 5.41) is 3.49. The molecule has 1 heterocycles. The van der Waals surface area contributed by atoms with Crippen LogP contribution in [0.2, 0.25) is 5.02 Å². The summed E-state index contributed by atoms with van der Waals surface area (Å²) in [6.07, 6.45) is 4.92. The lowest BCUT2D eigenvalue weighted by atomic mass is 10.2. The predicted octanol–water partition coefficient (Wildman–Crippen LogP) is 4.79. The van der Waals surface area contributed by atoms with E-state index in [2.05, 4.69) is 22.1 Å². The maximum Gasteiger partial charge on any atom is 0.248 e. The molecule has 0 aliphatic heterocycles. The lowest BCUT2D eigenvalue weighted by Gasteiger charge is -2.02. The molecule has 0 saturated heterocycles. The Labute approximate surface area is 157 Å². The van der Waals surface area contributed by atoms with Crippen molar-refractivity contribution in [1.82, 2.24) is 4.98 Å². The number of nitrogens with zero attached hydrogens (tertiary/aromatic N) is 1. The molecule has 0 saturated carbocycles. The predicted molar refractivity (Wildman–Crippen MR) is 106 cm³/mol. The molecule has 26 heavy (non-hydrogen) atoms. The number of amides is 1. The maximum absolute atomic E-state index is 12.1. The fourth-order valence-electron chi connectivity index (χ4n) is 2.18.